The predicted molar refractivity (Wildman–Crippen MR) is 96.9 cm³/mol. The van der Waals surface area contributed by atoms with Crippen molar-refractivity contribution in [1.82, 2.24) is 14.9 Å². The van der Waals surface area contributed by atoms with Crippen LogP contribution in [-0.4, -0.2) is 22.3 Å². The first-order valence-corrected chi connectivity index (χ1v) is 8.32. The monoisotopic (exact) mass is 355 g/mol. The minimum Gasteiger partial charge on any atom is -0.449 e. The Balaban J connectivity index is 1.55. The summed E-state index contributed by atoms with van der Waals surface area (Å²) in [4.78, 5) is 16.0. The fourth-order valence-corrected chi connectivity index (χ4v) is 2.72. The molecule has 5 nitrogen and oxygen atoms in total. The molecule has 0 atom stereocenters. The molecule has 1 aromatic heterocycles. The van der Waals surface area contributed by atoms with Crippen LogP contribution in [0, 0.1) is 0 Å². The van der Waals surface area contributed by atoms with E-state index in [2.05, 4.69) is 10.3 Å². The Kier molecular flexibility index (Phi) is 5.69. The van der Waals surface area contributed by atoms with Gasteiger partial charge in [-0.25, -0.2) is 9.78 Å². The van der Waals surface area contributed by atoms with Gasteiger partial charge in [0, 0.05) is 35.9 Å². The Hall–Kier alpha value is -2.79. The summed E-state index contributed by atoms with van der Waals surface area (Å²) in [6.07, 6.45) is 5.42. The number of amides is 1. The molecule has 3 aromatic rings. The third-order valence-electron chi connectivity index (χ3n) is 3.75. The maximum Gasteiger partial charge on any atom is 0.407 e. The van der Waals surface area contributed by atoms with Crippen molar-refractivity contribution in [3.63, 3.8) is 0 Å². The number of hydrogen-bond donors (Lipinski definition) is 1. The molecule has 0 saturated carbocycles. The molecular formula is C19H18ClN3O2. The summed E-state index contributed by atoms with van der Waals surface area (Å²) in [5, 5.41) is 3.33. The van der Waals surface area contributed by atoms with E-state index in [1.54, 1.807) is 18.6 Å². The van der Waals surface area contributed by atoms with Crippen LogP contribution < -0.4 is 5.32 Å². The van der Waals surface area contributed by atoms with Crippen LogP contribution in [0.2, 0.25) is 5.02 Å². The lowest BCUT2D eigenvalue weighted by Crippen LogP contribution is -2.25. The van der Waals surface area contributed by atoms with Crippen molar-refractivity contribution in [3.8, 4) is 5.69 Å². The van der Waals surface area contributed by atoms with Gasteiger partial charge in [0.05, 0.1) is 18.6 Å². The molecule has 1 N–H and O–H groups in total. The van der Waals surface area contributed by atoms with Gasteiger partial charge in [-0.3, -0.25) is 0 Å². The standard InChI is InChI=1S/C19H18ClN3O2/c20-17-7-4-8-18(23-11-10-21-14-23)16(17)13-22-19(24)25-12-9-15-5-2-1-3-6-15/h1-8,10-11,14H,9,12-13H2,(H,22,24). The summed E-state index contributed by atoms with van der Waals surface area (Å²) >= 11 is 6.29. The second kappa shape index (κ2) is 8.35. The Bertz CT molecular complexity index is 820. The van der Waals surface area contributed by atoms with Gasteiger partial charge in [0.1, 0.15) is 0 Å². The fourth-order valence-electron chi connectivity index (χ4n) is 2.48. The molecule has 0 saturated heterocycles. The normalized spacial score (nSPS) is 10.4. The number of nitrogens with one attached hydrogen (secondary N) is 1. The average molecular weight is 356 g/mol. The van der Waals surface area contributed by atoms with Gasteiger partial charge in [-0.2, -0.15) is 0 Å². The van der Waals surface area contributed by atoms with E-state index in [4.69, 9.17) is 16.3 Å². The lowest BCUT2D eigenvalue weighted by molar-refractivity contribution is 0.147. The summed E-state index contributed by atoms with van der Waals surface area (Å²) in [5.74, 6) is 0. The molecule has 25 heavy (non-hydrogen) atoms. The van der Waals surface area contributed by atoms with Gasteiger partial charge in [0.15, 0.2) is 0 Å². The Morgan fingerprint density at radius 2 is 2.00 bits per heavy atom. The zero-order valence-corrected chi connectivity index (χ0v) is 14.3. The molecule has 6 heteroatoms. The van der Waals surface area contributed by atoms with Crippen LogP contribution in [0.15, 0.2) is 67.3 Å². The molecule has 0 aliphatic rings. The number of halogens is 1. The van der Waals surface area contributed by atoms with E-state index in [9.17, 15) is 4.79 Å². The molecule has 0 aliphatic carbocycles. The van der Waals surface area contributed by atoms with Crippen LogP contribution >= 0.6 is 11.6 Å². The number of nitrogens with zero attached hydrogens (tertiary/aromatic N) is 2. The van der Waals surface area contributed by atoms with Crippen molar-refractivity contribution in [2.24, 2.45) is 0 Å². The topological polar surface area (TPSA) is 56.2 Å². The summed E-state index contributed by atoms with van der Waals surface area (Å²) in [6, 6.07) is 15.5. The first-order valence-electron chi connectivity index (χ1n) is 7.94. The largest absolute Gasteiger partial charge is 0.449 e. The fraction of sp³-hybridized carbons (Fsp3) is 0.158. The lowest BCUT2D eigenvalue weighted by atomic mass is 10.1. The van der Waals surface area contributed by atoms with Gasteiger partial charge in [0.25, 0.3) is 0 Å². The van der Waals surface area contributed by atoms with Crippen LogP contribution in [0.25, 0.3) is 5.69 Å². The lowest BCUT2D eigenvalue weighted by Gasteiger charge is -2.13. The molecule has 0 unspecified atom stereocenters. The highest BCUT2D eigenvalue weighted by atomic mass is 35.5. The van der Waals surface area contributed by atoms with E-state index < -0.39 is 6.09 Å². The summed E-state index contributed by atoms with van der Waals surface area (Å²) in [5.41, 5.74) is 2.81. The van der Waals surface area contributed by atoms with E-state index in [1.165, 1.54) is 0 Å². The van der Waals surface area contributed by atoms with E-state index in [0.717, 1.165) is 16.8 Å². The zero-order valence-electron chi connectivity index (χ0n) is 13.6. The SMILES string of the molecule is O=C(NCc1c(Cl)cccc1-n1ccnc1)OCCc1ccccc1. The molecule has 0 radical (unpaired) electrons. The van der Waals surface area contributed by atoms with Crippen LogP contribution in [0.1, 0.15) is 11.1 Å². The van der Waals surface area contributed by atoms with Crippen molar-refractivity contribution < 1.29 is 9.53 Å². The van der Waals surface area contributed by atoms with Crippen LogP contribution in [0.3, 0.4) is 0 Å². The first kappa shape index (κ1) is 17.0. The maximum absolute atomic E-state index is 11.9. The third-order valence-corrected chi connectivity index (χ3v) is 4.11. The smallest absolute Gasteiger partial charge is 0.407 e. The second-order valence-electron chi connectivity index (χ2n) is 5.43. The first-order chi connectivity index (χ1) is 12.2. The van der Waals surface area contributed by atoms with Gasteiger partial charge in [-0.1, -0.05) is 48.0 Å². The second-order valence-corrected chi connectivity index (χ2v) is 5.84. The Labute approximate surface area is 151 Å². The van der Waals surface area contributed by atoms with Gasteiger partial charge in [-0.15, -0.1) is 0 Å². The van der Waals surface area contributed by atoms with E-state index in [-0.39, 0.29) is 6.54 Å². The predicted octanol–water partition coefficient (Wildman–Crippen LogP) is 3.99. The number of hydrogen-bond acceptors (Lipinski definition) is 3. The summed E-state index contributed by atoms with van der Waals surface area (Å²) in [6.45, 7) is 0.601. The minimum atomic E-state index is -0.465. The highest BCUT2D eigenvalue weighted by molar-refractivity contribution is 6.31. The molecule has 2 aromatic carbocycles. The molecule has 1 amide bonds. The number of alkyl carbamates (subject to hydrolysis) is 1. The average Bonchev–Trinajstić information content (AvgIpc) is 3.16. The van der Waals surface area contributed by atoms with Crippen LogP contribution in [-0.2, 0) is 17.7 Å². The Morgan fingerprint density at radius 1 is 1.16 bits per heavy atom. The maximum atomic E-state index is 11.9. The van der Waals surface area contributed by atoms with Gasteiger partial charge >= 0.3 is 6.09 Å². The molecule has 0 fully saturated rings. The van der Waals surface area contributed by atoms with Crippen molar-refractivity contribution in [2.75, 3.05) is 6.61 Å². The molecule has 0 bridgehead atoms. The van der Waals surface area contributed by atoms with Crippen molar-refractivity contribution in [3.05, 3.63) is 83.4 Å². The number of imidazole rings is 1. The number of rotatable bonds is 6. The Morgan fingerprint density at radius 3 is 2.76 bits per heavy atom. The van der Waals surface area contributed by atoms with E-state index >= 15 is 0 Å². The number of ether oxygens (including phenoxy) is 1. The van der Waals surface area contributed by atoms with Crippen LogP contribution in [0.5, 0.6) is 0 Å². The van der Waals surface area contributed by atoms with E-state index in [1.807, 2.05) is 53.2 Å². The van der Waals surface area contributed by atoms with Gasteiger partial charge in [-0.05, 0) is 17.7 Å². The summed E-state index contributed by atoms with van der Waals surface area (Å²) < 4.78 is 7.08. The molecule has 0 aliphatic heterocycles. The summed E-state index contributed by atoms with van der Waals surface area (Å²) in [7, 11) is 0. The quantitative estimate of drug-likeness (QED) is 0.727. The molecular weight excluding hydrogens is 338 g/mol. The zero-order chi connectivity index (χ0) is 17.5. The number of carbonyl (C=O) groups is 1. The molecule has 3 rings (SSSR count). The van der Waals surface area contributed by atoms with Crippen molar-refractivity contribution in [2.45, 2.75) is 13.0 Å². The van der Waals surface area contributed by atoms with Crippen molar-refractivity contribution in [1.29, 1.82) is 0 Å². The number of aromatic nitrogens is 2. The molecule has 0 spiro atoms. The van der Waals surface area contributed by atoms with E-state index in [0.29, 0.717) is 18.1 Å². The third kappa shape index (κ3) is 4.61. The molecule has 1 heterocycles. The number of carbonyl (C=O) groups excluding carboxylic acids is 1. The number of benzene rings is 2. The highest BCUT2D eigenvalue weighted by Crippen LogP contribution is 2.23. The molecule has 128 valence electrons. The van der Waals surface area contributed by atoms with Crippen molar-refractivity contribution >= 4 is 17.7 Å². The van der Waals surface area contributed by atoms with Gasteiger partial charge in [0.2, 0.25) is 0 Å². The van der Waals surface area contributed by atoms with Crippen LogP contribution in [0.4, 0.5) is 4.79 Å². The highest BCUT2D eigenvalue weighted by Gasteiger charge is 2.10. The van der Waals surface area contributed by atoms with Gasteiger partial charge < -0.3 is 14.6 Å². The minimum absolute atomic E-state index is 0.275.